The van der Waals surface area contributed by atoms with Crippen molar-refractivity contribution >= 4 is 23.5 Å². The maximum absolute atomic E-state index is 13.3. The summed E-state index contributed by atoms with van der Waals surface area (Å²) in [5.74, 6) is -1.13. The van der Waals surface area contributed by atoms with Crippen molar-refractivity contribution in [2.45, 2.75) is 38.6 Å². The van der Waals surface area contributed by atoms with Gasteiger partial charge in [-0.05, 0) is 61.9 Å². The van der Waals surface area contributed by atoms with Gasteiger partial charge in [0, 0.05) is 7.05 Å². The highest BCUT2D eigenvalue weighted by Gasteiger charge is 2.49. The van der Waals surface area contributed by atoms with Crippen molar-refractivity contribution in [3.63, 3.8) is 0 Å². The van der Waals surface area contributed by atoms with E-state index in [-0.39, 0.29) is 5.69 Å². The molecule has 0 radical (unpaired) electrons. The van der Waals surface area contributed by atoms with E-state index in [4.69, 9.17) is 0 Å². The third kappa shape index (κ3) is 3.63. The fraction of sp³-hybridized carbons (Fsp3) is 0.308. The molecule has 2 heterocycles. The van der Waals surface area contributed by atoms with E-state index in [2.05, 4.69) is 10.6 Å². The summed E-state index contributed by atoms with van der Waals surface area (Å²) in [6.45, 7) is 2.88. The predicted molar refractivity (Wildman–Crippen MR) is 130 cm³/mol. The first-order chi connectivity index (χ1) is 16.7. The summed E-state index contributed by atoms with van der Waals surface area (Å²) >= 11 is 0. The topological polar surface area (TPSA) is 105 Å². The first-order valence-corrected chi connectivity index (χ1v) is 11.6. The number of nitrogens with zero attached hydrogens (tertiary/aromatic N) is 3. The Hall–Kier alpha value is -4.14. The number of nitrogens with one attached hydrogen (secondary N) is 2. The Morgan fingerprint density at radius 3 is 2.51 bits per heavy atom. The lowest BCUT2D eigenvalue weighted by Crippen LogP contribution is -2.42. The Bertz CT molecular complexity index is 1420. The molecule has 180 valence electrons. The van der Waals surface area contributed by atoms with Gasteiger partial charge in [-0.1, -0.05) is 36.4 Å². The van der Waals surface area contributed by atoms with Crippen LogP contribution in [0.4, 0.5) is 10.5 Å². The molecule has 9 nitrogen and oxygen atoms in total. The Morgan fingerprint density at radius 2 is 1.77 bits per heavy atom. The van der Waals surface area contributed by atoms with E-state index in [1.807, 2.05) is 36.4 Å². The largest absolute Gasteiger partial charge is 0.325 e. The molecular formula is C26H27N5O4. The lowest BCUT2D eigenvalue weighted by molar-refractivity contribution is -0.133. The van der Waals surface area contributed by atoms with Crippen LogP contribution >= 0.6 is 0 Å². The number of hydrogen-bond donors (Lipinski definition) is 2. The zero-order valence-electron chi connectivity index (χ0n) is 19.9. The molecule has 1 atom stereocenters. The van der Waals surface area contributed by atoms with E-state index < -0.39 is 35.5 Å². The van der Waals surface area contributed by atoms with E-state index in [0.717, 1.165) is 24.2 Å². The monoisotopic (exact) mass is 473 g/mol. The zero-order chi connectivity index (χ0) is 24.9. The first-order valence-electron chi connectivity index (χ1n) is 11.6. The number of amides is 4. The molecule has 35 heavy (non-hydrogen) atoms. The number of anilines is 1. The van der Waals surface area contributed by atoms with Crippen LogP contribution in [-0.4, -0.2) is 38.7 Å². The number of urea groups is 1. The second kappa shape index (κ2) is 8.26. The van der Waals surface area contributed by atoms with Gasteiger partial charge in [-0.2, -0.15) is 0 Å². The van der Waals surface area contributed by atoms with Gasteiger partial charge in [0.05, 0.1) is 11.4 Å². The van der Waals surface area contributed by atoms with Gasteiger partial charge < -0.3 is 10.6 Å². The van der Waals surface area contributed by atoms with Crippen molar-refractivity contribution in [2.24, 2.45) is 7.05 Å². The van der Waals surface area contributed by atoms with E-state index in [0.29, 0.717) is 16.9 Å². The lowest BCUT2D eigenvalue weighted by Gasteiger charge is -2.23. The number of para-hydroxylation sites is 1. The summed E-state index contributed by atoms with van der Waals surface area (Å²) in [6.07, 6.45) is 3.04. The Kier molecular flexibility index (Phi) is 5.35. The molecule has 2 aromatic carbocycles. The van der Waals surface area contributed by atoms with Crippen LogP contribution < -0.4 is 16.2 Å². The minimum Gasteiger partial charge on any atom is -0.319 e. The van der Waals surface area contributed by atoms with Crippen molar-refractivity contribution < 1.29 is 14.4 Å². The van der Waals surface area contributed by atoms with Crippen LogP contribution in [-0.2, 0) is 35.0 Å². The molecule has 0 unspecified atom stereocenters. The van der Waals surface area contributed by atoms with Crippen molar-refractivity contribution in [1.82, 2.24) is 19.6 Å². The van der Waals surface area contributed by atoms with Gasteiger partial charge in [-0.3, -0.25) is 24.0 Å². The van der Waals surface area contributed by atoms with Gasteiger partial charge in [0.25, 0.3) is 11.5 Å². The number of benzene rings is 2. The molecule has 1 fully saturated rings. The molecule has 1 aliphatic heterocycles. The molecule has 1 aliphatic carbocycles. The van der Waals surface area contributed by atoms with Crippen LogP contribution in [0.25, 0.3) is 5.69 Å². The third-order valence-corrected chi connectivity index (χ3v) is 7.07. The summed E-state index contributed by atoms with van der Waals surface area (Å²) in [7, 11) is 1.72. The summed E-state index contributed by atoms with van der Waals surface area (Å²) in [5.41, 5.74) is 2.82. The molecule has 2 N–H and O–H groups in total. The fourth-order valence-electron chi connectivity index (χ4n) is 4.95. The number of fused-ring (bicyclic) bond motifs is 1. The Labute approximate surface area is 202 Å². The number of hydrogen-bond acceptors (Lipinski definition) is 4. The second-order valence-corrected chi connectivity index (χ2v) is 9.27. The molecule has 0 saturated carbocycles. The number of aromatic nitrogens is 2. The van der Waals surface area contributed by atoms with E-state index in [9.17, 15) is 19.2 Å². The van der Waals surface area contributed by atoms with E-state index >= 15 is 0 Å². The number of carbonyl (C=O) groups excluding carboxylic acids is 3. The minimum absolute atomic E-state index is 0.106. The molecule has 0 bridgehead atoms. The van der Waals surface area contributed by atoms with Crippen molar-refractivity contribution in [3.8, 4) is 5.69 Å². The zero-order valence-corrected chi connectivity index (χ0v) is 19.9. The van der Waals surface area contributed by atoms with Gasteiger partial charge in [-0.25, -0.2) is 9.48 Å². The molecule has 2 aliphatic rings. The summed E-state index contributed by atoms with van der Waals surface area (Å²) in [5, 5.41) is 5.36. The van der Waals surface area contributed by atoms with Crippen molar-refractivity contribution in [2.75, 3.05) is 11.9 Å². The van der Waals surface area contributed by atoms with Gasteiger partial charge in [-0.15, -0.1) is 0 Å². The first kappa shape index (κ1) is 22.6. The fourth-order valence-corrected chi connectivity index (χ4v) is 4.95. The van der Waals surface area contributed by atoms with Crippen LogP contribution in [0, 0.1) is 6.92 Å². The van der Waals surface area contributed by atoms with Crippen LogP contribution in [0.15, 0.2) is 53.3 Å². The van der Waals surface area contributed by atoms with Gasteiger partial charge in [0.15, 0.2) is 0 Å². The lowest BCUT2D eigenvalue weighted by atomic mass is 9.89. The summed E-state index contributed by atoms with van der Waals surface area (Å²) in [4.78, 5) is 52.9. The van der Waals surface area contributed by atoms with Crippen LogP contribution in [0.3, 0.4) is 0 Å². The smallest absolute Gasteiger partial charge is 0.319 e. The summed E-state index contributed by atoms with van der Waals surface area (Å²) in [6, 6.07) is 14.3. The van der Waals surface area contributed by atoms with Gasteiger partial charge in [0.2, 0.25) is 5.91 Å². The highest BCUT2D eigenvalue weighted by atomic mass is 16.2. The molecule has 0 spiro atoms. The number of rotatable bonds is 5. The molecule has 3 aromatic rings. The molecular weight excluding hydrogens is 446 g/mol. The van der Waals surface area contributed by atoms with Crippen LogP contribution in [0.1, 0.15) is 35.7 Å². The van der Waals surface area contributed by atoms with Crippen LogP contribution in [0.5, 0.6) is 0 Å². The minimum atomic E-state index is -1.25. The number of aryl methyl sites for hydroxylation is 2. The van der Waals surface area contributed by atoms with E-state index in [1.165, 1.54) is 15.8 Å². The van der Waals surface area contributed by atoms with Gasteiger partial charge in [0.1, 0.15) is 17.8 Å². The highest BCUT2D eigenvalue weighted by Crippen LogP contribution is 2.32. The average Bonchev–Trinajstić information content (AvgIpc) is 3.46. The maximum Gasteiger partial charge on any atom is 0.325 e. The third-order valence-electron chi connectivity index (χ3n) is 7.07. The van der Waals surface area contributed by atoms with Crippen molar-refractivity contribution in [3.05, 3.63) is 81.3 Å². The molecule has 5 rings (SSSR count). The maximum atomic E-state index is 13.3. The number of imide groups is 1. The average molecular weight is 474 g/mol. The molecule has 4 amide bonds. The second-order valence-electron chi connectivity index (χ2n) is 9.27. The number of carbonyl (C=O) groups is 3. The van der Waals surface area contributed by atoms with Crippen molar-refractivity contribution in [1.29, 1.82) is 0 Å². The van der Waals surface area contributed by atoms with Gasteiger partial charge >= 0.3 is 6.03 Å². The molecule has 1 saturated heterocycles. The highest BCUT2D eigenvalue weighted by molar-refractivity contribution is 6.10. The SMILES string of the molecule is Cc1c(NC(=O)CN2C(=O)N[C@](C)(c3ccc4c(c3)CCC4)C2=O)c(=O)n(-c2ccccc2)n1C. The summed E-state index contributed by atoms with van der Waals surface area (Å²) < 4.78 is 3.09. The Balaban J connectivity index is 1.36. The Morgan fingerprint density at radius 1 is 1.06 bits per heavy atom. The van der Waals surface area contributed by atoms with Crippen LogP contribution in [0.2, 0.25) is 0 Å². The van der Waals surface area contributed by atoms with E-state index in [1.54, 1.807) is 37.7 Å². The molecule has 1 aromatic heterocycles. The normalized spacial score (nSPS) is 19.1. The quantitative estimate of drug-likeness (QED) is 0.555. The molecule has 9 heteroatoms. The predicted octanol–water partition coefficient (Wildman–Crippen LogP) is 2.38. The standard InChI is InChI=1S/C26H27N5O4/c1-16-22(23(33)31(29(16)3)20-10-5-4-6-11-20)27-21(32)15-30-24(34)26(2,28-25(30)35)19-13-12-17-8-7-9-18(17)14-19/h4-6,10-14H,7-9,15H2,1-3H3,(H,27,32)(H,28,35)/t26-/m1/s1.